The highest BCUT2D eigenvalue weighted by molar-refractivity contribution is 5.83. The largest absolute Gasteiger partial charge is 0.359 e. The van der Waals surface area contributed by atoms with Gasteiger partial charge in [0.25, 0.3) is 0 Å². The number of nitrogens with one attached hydrogen (secondary N) is 2. The van der Waals surface area contributed by atoms with Gasteiger partial charge in [-0.2, -0.15) is 0 Å². The van der Waals surface area contributed by atoms with Crippen LogP contribution in [-0.4, -0.2) is 28.5 Å². The zero-order valence-electron chi connectivity index (χ0n) is 12.4. The van der Waals surface area contributed by atoms with Crippen molar-refractivity contribution in [1.82, 2.24) is 15.3 Å². The van der Waals surface area contributed by atoms with Crippen LogP contribution in [0.2, 0.25) is 0 Å². The number of amides is 1. The van der Waals surface area contributed by atoms with E-state index in [0.29, 0.717) is 24.2 Å². The molecular formula is C14H24N4O. The van der Waals surface area contributed by atoms with Crippen molar-refractivity contribution < 1.29 is 4.79 Å². The van der Waals surface area contributed by atoms with Crippen LogP contribution in [0.3, 0.4) is 0 Å². The van der Waals surface area contributed by atoms with Crippen molar-refractivity contribution in [2.75, 3.05) is 11.9 Å². The third-order valence-electron chi connectivity index (χ3n) is 2.72. The first-order chi connectivity index (χ1) is 8.90. The van der Waals surface area contributed by atoms with Gasteiger partial charge in [-0.1, -0.05) is 27.7 Å². The summed E-state index contributed by atoms with van der Waals surface area (Å²) < 4.78 is 0. The molecule has 106 valence electrons. The Morgan fingerprint density at radius 1 is 1.21 bits per heavy atom. The molecule has 0 saturated carbocycles. The molecule has 0 aromatic carbocycles. The summed E-state index contributed by atoms with van der Waals surface area (Å²) in [5.41, 5.74) is 0.965. The molecule has 0 aliphatic heterocycles. The third kappa shape index (κ3) is 5.24. The van der Waals surface area contributed by atoms with Crippen molar-refractivity contribution in [3.05, 3.63) is 18.1 Å². The number of aromatic nitrogens is 2. The van der Waals surface area contributed by atoms with E-state index in [0.717, 1.165) is 5.69 Å². The fraction of sp³-hybridized carbons (Fsp3) is 0.643. The molecular weight excluding hydrogens is 240 g/mol. The molecule has 2 N–H and O–H groups in total. The van der Waals surface area contributed by atoms with Crippen LogP contribution in [0.5, 0.6) is 0 Å². The van der Waals surface area contributed by atoms with E-state index in [9.17, 15) is 4.79 Å². The summed E-state index contributed by atoms with van der Waals surface area (Å²) in [4.78, 5) is 20.2. The summed E-state index contributed by atoms with van der Waals surface area (Å²) >= 11 is 0. The molecule has 1 amide bonds. The Labute approximate surface area is 115 Å². The third-order valence-corrected chi connectivity index (χ3v) is 2.72. The summed E-state index contributed by atoms with van der Waals surface area (Å²) in [6.45, 7) is 10.8. The highest BCUT2D eigenvalue weighted by Gasteiger charge is 2.13. The molecule has 1 atom stereocenters. The van der Waals surface area contributed by atoms with Gasteiger partial charge in [0.05, 0.1) is 0 Å². The standard InChI is InChI=1S/C14H24N4O/c1-9(2)7-15-14(19)11(5)18-13-6-12(10(3)4)16-8-17-13/h6,8-11H,7H2,1-5H3,(H,15,19)(H,16,17,18). The van der Waals surface area contributed by atoms with Crippen molar-refractivity contribution in [2.45, 2.75) is 46.6 Å². The van der Waals surface area contributed by atoms with E-state index in [1.165, 1.54) is 6.33 Å². The van der Waals surface area contributed by atoms with Gasteiger partial charge >= 0.3 is 0 Å². The van der Waals surface area contributed by atoms with Crippen molar-refractivity contribution in [2.24, 2.45) is 5.92 Å². The second-order valence-corrected chi connectivity index (χ2v) is 5.49. The minimum Gasteiger partial charge on any atom is -0.359 e. The second kappa shape index (κ2) is 7.07. The maximum absolute atomic E-state index is 11.9. The first-order valence-corrected chi connectivity index (χ1v) is 6.76. The van der Waals surface area contributed by atoms with Gasteiger partial charge in [0, 0.05) is 18.3 Å². The summed E-state index contributed by atoms with van der Waals surface area (Å²) in [6.07, 6.45) is 1.52. The molecule has 0 radical (unpaired) electrons. The molecule has 1 aromatic heterocycles. The van der Waals surface area contributed by atoms with Crippen LogP contribution >= 0.6 is 0 Å². The molecule has 1 rings (SSSR count). The smallest absolute Gasteiger partial charge is 0.242 e. The molecule has 0 aliphatic rings. The van der Waals surface area contributed by atoms with E-state index in [1.807, 2.05) is 13.0 Å². The van der Waals surface area contributed by atoms with Gasteiger partial charge in [-0.05, 0) is 18.8 Å². The molecule has 0 bridgehead atoms. The van der Waals surface area contributed by atoms with Crippen LogP contribution in [-0.2, 0) is 4.79 Å². The number of carbonyl (C=O) groups excluding carboxylic acids is 1. The predicted octanol–water partition coefficient (Wildman–Crippen LogP) is 2.17. The van der Waals surface area contributed by atoms with Gasteiger partial charge in [0.2, 0.25) is 5.91 Å². The molecule has 5 nitrogen and oxygen atoms in total. The van der Waals surface area contributed by atoms with Crippen LogP contribution in [0.4, 0.5) is 5.82 Å². The van der Waals surface area contributed by atoms with E-state index >= 15 is 0 Å². The monoisotopic (exact) mass is 264 g/mol. The van der Waals surface area contributed by atoms with Crippen LogP contribution in [0, 0.1) is 5.92 Å². The molecule has 0 fully saturated rings. The predicted molar refractivity (Wildman–Crippen MR) is 77.1 cm³/mol. The molecule has 0 saturated heterocycles. The Morgan fingerprint density at radius 2 is 1.89 bits per heavy atom. The van der Waals surface area contributed by atoms with E-state index in [-0.39, 0.29) is 11.9 Å². The topological polar surface area (TPSA) is 66.9 Å². The van der Waals surface area contributed by atoms with E-state index in [2.05, 4.69) is 48.3 Å². The fourth-order valence-electron chi connectivity index (χ4n) is 1.51. The average Bonchev–Trinajstić information content (AvgIpc) is 2.36. The molecule has 19 heavy (non-hydrogen) atoms. The Balaban J connectivity index is 2.58. The van der Waals surface area contributed by atoms with E-state index in [4.69, 9.17) is 0 Å². The van der Waals surface area contributed by atoms with Crippen LogP contribution in [0.25, 0.3) is 0 Å². The lowest BCUT2D eigenvalue weighted by atomic mass is 10.1. The van der Waals surface area contributed by atoms with Gasteiger partial charge in [0.1, 0.15) is 18.2 Å². The molecule has 1 unspecified atom stereocenters. The number of hydrogen-bond donors (Lipinski definition) is 2. The lowest BCUT2D eigenvalue weighted by Gasteiger charge is -2.16. The zero-order valence-corrected chi connectivity index (χ0v) is 12.4. The lowest BCUT2D eigenvalue weighted by Crippen LogP contribution is -2.39. The van der Waals surface area contributed by atoms with Crippen molar-refractivity contribution in [3.8, 4) is 0 Å². The molecule has 0 aliphatic carbocycles. The van der Waals surface area contributed by atoms with Crippen LogP contribution in [0.1, 0.15) is 46.2 Å². The second-order valence-electron chi connectivity index (χ2n) is 5.49. The van der Waals surface area contributed by atoms with Crippen LogP contribution in [0.15, 0.2) is 12.4 Å². The Morgan fingerprint density at radius 3 is 2.47 bits per heavy atom. The minimum atomic E-state index is -0.311. The van der Waals surface area contributed by atoms with E-state index < -0.39 is 0 Å². The average molecular weight is 264 g/mol. The molecule has 5 heteroatoms. The van der Waals surface area contributed by atoms with Crippen LogP contribution < -0.4 is 10.6 Å². The van der Waals surface area contributed by atoms with Gasteiger partial charge in [-0.15, -0.1) is 0 Å². The maximum atomic E-state index is 11.9. The summed E-state index contributed by atoms with van der Waals surface area (Å²) in [5.74, 6) is 1.46. The highest BCUT2D eigenvalue weighted by Crippen LogP contribution is 2.14. The number of rotatable bonds is 6. The normalized spacial score (nSPS) is 12.6. The summed E-state index contributed by atoms with van der Waals surface area (Å²) in [6, 6.07) is 1.57. The number of anilines is 1. The first kappa shape index (κ1) is 15.4. The van der Waals surface area contributed by atoms with E-state index in [1.54, 1.807) is 0 Å². The van der Waals surface area contributed by atoms with Gasteiger partial charge in [-0.25, -0.2) is 9.97 Å². The maximum Gasteiger partial charge on any atom is 0.242 e. The lowest BCUT2D eigenvalue weighted by molar-refractivity contribution is -0.121. The molecule has 1 heterocycles. The van der Waals surface area contributed by atoms with Crippen molar-refractivity contribution in [3.63, 3.8) is 0 Å². The first-order valence-electron chi connectivity index (χ1n) is 6.76. The molecule has 1 aromatic rings. The Bertz CT molecular complexity index is 418. The Kier molecular flexibility index (Phi) is 5.73. The summed E-state index contributed by atoms with van der Waals surface area (Å²) in [5, 5.41) is 5.99. The number of carbonyl (C=O) groups is 1. The van der Waals surface area contributed by atoms with Crippen molar-refractivity contribution in [1.29, 1.82) is 0 Å². The number of nitrogens with zero attached hydrogens (tertiary/aromatic N) is 2. The SMILES string of the molecule is CC(C)CNC(=O)C(C)Nc1cc(C(C)C)ncn1. The number of hydrogen-bond acceptors (Lipinski definition) is 4. The quantitative estimate of drug-likeness (QED) is 0.826. The van der Waals surface area contributed by atoms with Crippen molar-refractivity contribution >= 4 is 11.7 Å². The highest BCUT2D eigenvalue weighted by atomic mass is 16.2. The zero-order chi connectivity index (χ0) is 14.4. The minimum absolute atomic E-state index is 0.0154. The van der Waals surface area contributed by atoms with Gasteiger partial charge in [-0.3, -0.25) is 4.79 Å². The molecule has 0 spiro atoms. The Hall–Kier alpha value is -1.65. The summed E-state index contributed by atoms with van der Waals surface area (Å²) in [7, 11) is 0. The fourth-order valence-corrected chi connectivity index (χ4v) is 1.51. The van der Waals surface area contributed by atoms with Gasteiger partial charge < -0.3 is 10.6 Å². The van der Waals surface area contributed by atoms with Gasteiger partial charge in [0.15, 0.2) is 0 Å².